The fourth-order valence-corrected chi connectivity index (χ4v) is 2.29. The third kappa shape index (κ3) is 3.76. The van der Waals surface area contributed by atoms with E-state index in [2.05, 4.69) is 4.90 Å². The van der Waals surface area contributed by atoms with E-state index in [9.17, 15) is 9.90 Å². The zero-order valence-corrected chi connectivity index (χ0v) is 10.4. The molecular formula is C12H23NO3. The van der Waals surface area contributed by atoms with Gasteiger partial charge in [-0.25, -0.2) is 0 Å². The number of likely N-dealkylation sites (tertiary alicyclic amines) is 1. The predicted octanol–water partition coefficient (Wildman–Crippen LogP) is 1.60. The fraction of sp³-hybridized carbons (Fsp3) is 0.917. The molecule has 0 bridgehead atoms. The topological polar surface area (TPSA) is 49.8 Å². The number of carbonyl (C=O) groups is 1. The second-order valence-corrected chi connectivity index (χ2v) is 4.95. The van der Waals surface area contributed by atoms with E-state index in [1.165, 1.54) is 0 Å². The van der Waals surface area contributed by atoms with E-state index < -0.39 is 11.4 Å². The van der Waals surface area contributed by atoms with E-state index in [1.807, 2.05) is 6.92 Å². The number of methoxy groups -OCH3 is 1. The van der Waals surface area contributed by atoms with Crippen molar-refractivity contribution in [1.29, 1.82) is 0 Å². The molecule has 1 saturated heterocycles. The number of carboxylic acid groups (broad SMARTS) is 1. The van der Waals surface area contributed by atoms with Crippen LogP contribution < -0.4 is 0 Å². The molecule has 1 aliphatic rings. The smallest absolute Gasteiger partial charge is 0.310 e. The summed E-state index contributed by atoms with van der Waals surface area (Å²) in [5.74, 6) is -0.658. The minimum Gasteiger partial charge on any atom is -0.481 e. The molecule has 0 aliphatic carbocycles. The van der Waals surface area contributed by atoms with Crippen LogP contribution in [0.25, 0.3) is 0 Å². The first-order valence-electron chi connectivity index (χ1n) is 6.03. The number of hydrogen-bond acceptors (Lipinski definition) is 3. The predicted molar refractivity (Wildman–Crippen MR) is 62.5 cm³/mol. The van der Waals surface area contributed by atoms with Crippen LogP contribution in [0.15, 0.2) is 0 Å². The highest BCUT2D eigenvalue weighted by Crippen LogP contribution is 2.29. The van der Waals surface area contributed by atoms with Gasteiger partial charge < -0.3 is 14.7 Å². The molecule has 4 nitrogen and oxygen atoms in total. The second kappa shape index (κ2) is 6.21. The summed E-state index contributed by atoms with van der Waals surface area (Å²) >= 11 is 0. The second-order valence-electron chi connectivity index (χ2n) is 4.95. The van der Waals surface area contributed by atoms with Gasteiger partial charge in [-0.2, -0.15) is 0 Å². The largest absolute Gasteiger partial charge is 0.481 e. The van der Waals surface area contributed by atoms with Crippen LogP contribution in [0.4, 0.5) is 0 Å². The lowest BCUT2D eigenvalue weighted by molar-refractivity contribution is -0.151. The van der Waals surface area contributed by atoms with Crippen LogP contribution in [-0.2, 0) is 9.53 Å². The van der Waals surface area contributed by atoms with E-state index in [1.54, 1.807) is 7.11 Å². The number of carboxylic acids is 1. The molecule has 94 valence electrons. The standard InChI is InChI=1S/C12H23NO3/c1-12(11(14)15)6-5-8-13(10-12)7-3-4-9-16-2/h3-10H2,1-2H3,(H,14,15). The Hall–Kier alpha value is -0.610. The molecule has 0 radical (unpaired) electrons. The molecule has 1 unspecified atom stereocenters. The number of rotatable bonds is 6. The van der Waals surface area contributed by atoms with Crippen molar-refractivity contribution in [2.45, 2.75) is 32.6 Å². The maximum absolute atomic E-state index is 11.2. The molecular weight excluding hydrogens is 206 g/mol. The molecule has 4 heteroatoms. The van der Waals surface area contributed by atoms with E-state index in [0.29, 0.717) is 6.54 Å². The molecule has 0 saturated carbocycles. The summed E-state index contributed by atoms with van der Waals surface area (Å²) in [6.07, 6.45) is 3.93. The first kappa shape index (κ1) is 13.5. The molecule has 1 fully saturated rings. The van der Waals surface area contributed by atoms with Crippen molar-refractivity contribution in [2.24, 2.45) is 5.41 Å². The Kier molecular flexibility index (Phi) is 5.22. The number of nitrogens with zero attached hydrogens (tertiary/aromatic N) is 1. The van der Waals surface area contributed by atoms with Gasteiger partial charge in [-0.15, -0.1) is 0 Å². The SMILES string of the molecule is COCCCCN1CCCC(C)(C(=O)O)C1. The summed E-state index contributed by atoms with van der Waals surface area (Å²) in [6, 6.07) is 0. The highest BCUT2D eigenvalue weighted by Gasteiger charge is 2.37. The lowest BCUT2D eigenvalue weighted by atomic mass is 9.82. The number of piperidine rings is 1. The third-order valence-corrected chi connectivity index (χ3v) is 3.36. The fourth-order valence-electron chi connectivity index (χ4n) is 2.29. The van der Waals surface area contributed by atoms with Gasteiger partial charge in [-0.1, -0.05) is 0 Å². The molecule has 1 N–H and O–H groups in total. The van der Waals surface area contributed by atoms with Gasteiger partial charge in [-0.05, 0) is 45.7 Å². The normalized spacial score (nSPS) is 26.9. The van der Waals surface area contributed by atoms with Gasteiger partial charge in [0.05, 0.1) is 5.41 Å². The Morgan fingerprint density at radius 1 is 1.50 bits per heavy atom. The van der Waals surface area contributed by atoms with Crippen molar-refractivity contribution in [3.05, 3.63) is 0 Å². The highest BCUT2D eigenvalue weighted by molar-refractivity contribution is 5.74. The van der Waals surface area contributed by atoms with Crippen LogP contribution in [0, 0.1) is 5.41 Å². The monoisotopic (exact) mass is 229 g/mol. The van der Waals surface area contributed by atoms with Crippen LogP contribution in [-0.4, -0.2) is 49.3 Å². The van der Waals surface area contributed by atoms with Crippen LogP contribution in [0.5, 0.6) is 0 Å². The lowest BCUT2D eigenvalue weighted by Gasteiger charge is -2.37. The van der Waals surface area contributed by atoms with E-state index in [4.69, 9.17) is 4.74 Å². The molecule has 0 aromatic carbocycles. The average molecular weight is 229 g/mol. The van der Waals surface area contributed by atoms with E-state index in [-0.39, 0.29) is 0 Å². The zero-order chi connectivity index (χ0) is 12.0. The van der Waals surface area contributed by atoms with Gasteiger partial charge in [0.1, 0.15) is 0 Å². The Morgan fingerprint density at radius 2 is 2.25 bits per heavy atom. The summed E-state index contributed by atoms with van der Waals surface area (Å²) in [5.41, 5.74) is -0.542. The van der Waals surface area contributed by atoms with Gasteiger partial charge >= 0.3 is 5.97 Å². The van der Waals surface area contributed by atoms with Crippen LogP contribution in [0.3, 0.4) is 0 Å². The Labute approximate surface area is 97.6 Å². The summed E-state index contributed by atoms with van der Waals surface area (Å²) < 4.78 is 5.00. The summed E-state index contributed by atoms with van der Waals surface area (Å²) in [4.78, 5) is 13.4. The molecule has 0 aromatic heterocycles. The third-order valence-electron chi connectivity index (χ3n) is 3.36. The van der Waals surface area contributed by atoms with Crippen molar-refractivity contribution in [3.63, 3.8) is 0 Å². The van der Waals surface area contributed by atoms with Crippen LogP contribution in [0.1, 0.15) is 32.6 Å². The molecule has 1 aliphatic heterocycles. The van der Waals surface area contributed by atoms with Crippen molar-refractivity contribution in [3.8, 4) is 0 Å². The van der Waals surface area contributed by atoms with Crippen molar-refractivity contribution >= 4 is 5.97 Å². The van der Waals surface area contributed by atoms with Crippen molar-refractivity contribution in [1.82, 2.24) is 4.90 Å². The van der Waals surface area contributed by atoms with Crippen molar-refractivity contribution < 1.29 is 14.6 Å². The minimum absolute atomic E-state index is 0.542. The van der Waals surface area contributed by atoms with E-state index in [0.717, 1.165) is 45.4 Å². The van der Waals surface area contributed by atoms with Gasteiger partial charge in [0.25, 0.3) is 0 Å². The maximum atomic E-state index is 11.2. The number of ether oxygens (including phenoxy) is 1. The summed E-state index contributed by atoms with van der Waals surface area (Å²) in [5, 5.41) is 9.18. The maximum Gasteiger partial charge on any atom is 0.310 e. The van der Waals surface area contributed by atoms with Crippen LogP contribution in [0.2, 0.25) is 0 Å². The van der Waals surface area contributed by atoms with Gasteiger partial charge in [0, 0.05) is 20.3 Å². The number of unbranched alkanes of at least 4 members (excludes halogenated alkanes) is 1. The zero-order valence-electron chi connectivity index (χ0n) is 10.4. The molecule has 16 heavy (non-hydrogen) atoms. The Bertz CT molecular complexity index is 232. The average Bonchev–Trinajstić information content (AvgIpc) is 2.24. The van der Waals surface area contributed by atoms with Crippen molar-refractivity contribution in [2.75, 3.05) is 33.4 Å². The van der Waals surface area contributed by atoms with Gasteiger partial charge in [0.15, 0.2) is 0 Å². The quantitative estimate of drug-likeness (QED) is 0.703. The molecule has 1 heterocycles. The molecule has 0 amide bonds. The molecule has 0 aromatic rings. The first-order chi connectivity index (χ1) is 7.58. The lowest BCUT2D eigenvalue weighted by Crippen LogP contribution is -2.46. The molecule has 1 atom stereocenters. The van der Waals surface area contributed by atoms with Gasteiger partial charge in [0.2, 0.25) is 0 Å². The van der Waals surface area contributed by atoms with Crippen LogP contribution >= 0.6 is 0 Å². The minimum atomic E-state index is -0.658. The summed E-state index contributed by atoms with van der Waals surface area (Å²) in [6.45, 7) is 5.37. The van der Waals surface area contributed by atoms with Gasteiger partial charge in [-0.3, -0.25) is 4.79 Å². The highest BCUT2D eigenvalue weighted by atomic mass is 16.5. The summed E-state index contributed by atoms with van der Waals surface area (Å²) in [7, 11) is 1.71. The first-order valence-corrected chi connectivity index (χ1v) is 6.03. The molecule has 1 rings (SSSR count). The Balaban J connectivity index is 2.30. The number of aliphatic carboxylic acids is 1. The Morgan fingerprint density at radius 3 is 2.88 bits per heavy atom. The van der Waals surface area contributed by atoms with E-state index >= 15 is 0 Å². The number of hydrogen-bond donors (Lipinski definition) is 1. The molecule has 0 spiro atoms.